The summed E-state index contributed by atoms with van der Waals surface area (Å²) >= 11 is 0. The molecule has 3 heteroatoms. The highest BCUT2D eigenvalue weighted by atomic mass is 15.2. The highest BCUT2D eigenvalue weighted by Crippen LogP contribution is 2.27. The molecule has 1 fully saturated rings. The summed E-state index contributed by atoms with van der Waals surface area (Å²) in [5.74, 6) is 1.92. The first-order valence-corrected chi connectivity index (χ1v) is 6.63. The molecule has 0 aromatic carbocycles. The largest absolute Gasteiger partial charge is 0.360 e. The Morgan fingerprint density at radius 1 is 1.44 bits per heavy atom. The third-order valence-electron chi connectivity index (χ3n) is 3.85. The van der Waals surface area contributed by atoms with Crippen LogP contribution in [0.2, 0.25) is 0 Å². The molecule has 0 aliphatic carbocycles. The van der Waals surface area contributed by atoms with Crippen LogP contribution in [0.5, 0.6) is 0 Å². The third-order valence-corrected chi connectivity index (χ3v) is 3.85. The van der Waals surface area contributed by atoms with Gasteiger partial charge in [-0.1, -0.05) is 26.2 Å². The van der Waals surface area contributed by atoms with Crippen molar-refractivity contribution in [3.8, 4) is 0 Å². The molecule has 0 aromatic rings. The van der Waals surface area contributed by atoms with Crippen molar-refractivity contribution in [2.75, 3.05) is 20.6 Å². The summed E-state index contributed by atoms with van der Waals surface area (Å²) in [6.07, 6.45) is 7.52. The summed E-state index contributed by atoms with van der Waals surface area (Å²) in [5.41, 5.74) is 5.88. The van der Waals surface area contributed by atoms with Gasteiger partial charge in [-0.05, 0) is 25.3 Å². The minimum atomic E-state index is 0.615. The van der Waals surface area contributed by atoms with Crippen LogP contribution < -0.4 is 5.73 Å². The first kappa shape index (κ1) is 13.5. The molecule has 2 atom stereocenters. The number of hydrogen-bond acceptors (Lipinski definition) is 2. The number of nitrogens with two attached hydrogens (primary N) is 1. The van der Waals surface area contributed by atoms with Gasteiger partial charge in [0.05, 0.1) is 5.84 Å². The molecule has 0 amide bonds. The lowest BCUT2D eigenvalue weighted by atomic mass is 9.86. The van der Waals surface area contributed by atoms with Gasteiger partial charge in [-0.15, -0.1) is 0 Å². The Labute approximate surface area is 100 Å². The lowest BCUT2D eigenvalue weighted by Crippen LogP contribution is -2.48. The lowest BCUT2D eigenvalue weighted by Gasteiger charge is -2.41. The summed E-state index contributed by atoms with van der Waals surface area (Å²) in [7, 11) is 4.08. The number of aliphatic imine (C=N–C) groups is 1. The minimum Gasteiger partial charge on any atom is -0.360 e. The molecule has 0 radical (unpaired) electrons. The zero-order chi connectivity index (χ0) is 12.0. The Morgan fingerprint density at radius 3 is 2.75 bits per heavy atom. The number of rotatable bonds is 5. The maximum absolute atomic E-state index is 5.88. The van der Waals surface area contributed by atoms with E-state index in [2.05, 4.69) is 23.9 Å². The van der Waals surface area contributed by atoms with E-state index in [9.17, 15) is 0 Å². The van der Waals surface area contributed by atoms with Gasteiger partial charge in [0.2, 0.25) is 0 Å². The molecule has 1 saturated heterocycles. The average molecular weight is 225 g/mol. The molecule has 1 rings (SSSR count). The van der Waals surface area contributed by atoms with Crippen LogP contribution in [0.1, 0.15) is 45.4 Å². The zero-order valence-corrected chi connectivity index (χ0v) is 11.1. The van der Waals surface area contributed by atoms with Crippen LogP contribution in [-0.4, -0.2) is 37.4 Å². The first-order valence-electron chi connectivity index (χ1n) is 6.63. The van der Waals surface area contributed by atoms with Gasteiger partial charge in [-0.25, -0.2) is 0 Å². The van der Waals surface area contributed by atoms with Crippen molar-refractivity contribution in [2.24, 2.45) is 16.6 Å². The average Bonchev–Trinajstić information content (AvgIpc) is 2.31. The molecule has 1 aliphatic heterocycles. The highest BCUT2D eigenvalue weighted by Gasteiger charge is 2.30. The van der Waals surface area contributed by atoms with E-state index in [1.165, 1.54) is 37.9 Å². The summed E-state index contributed by atoms with van der Waals surface area (Å²) in [5, 5.41) is 0. The van der Waals surface area contributed by atoms with Gasteiger partial charge in [0.1, 0.15) is 0 Å². The number of amidine groups is 1. The topological polar surface area (TPSA) is 41.6 Å². The second kappa shape index (κ2) is 6.89. The van der Waals surface area contributed by atoms with Gasteiger partial charge in [-0.2, -0.15) is 0 Å². The van der Waals surface area contributed by atoms with Crippen molar-refractivity contribution in [3.05, 3.63) is 0 Å². The number of hydrogen-bond donors (Lipinski definition) is 1. The molecule has 0 bridgehead atoms. The minimum absolute atomic E-state index is 0.615. The first-order chi connectivity index (χ1) is 7.74. The van der Waals surface area contributed by atoms with Crippen LogP contribution in [0.25, 0.3) is 0 Å². The van der Waals surface area contributed by atoms with Crippen LogP contribution in [0.15, 0.2) is 4.99 Å². The van der Waals surface area contributed by atoms with Gasteiger partial charge in [0.25, 0.3) is 0 Å². The lowest BCUT2D eigenvalue weighted by molar-refractivity contribution is 0.205. The Morgan fingerprint density at radius 2 is 2.19 bits per heavy atom. The number of likely N-dealkylation sites (tertiary alicyclic amines) is 1. The van der Waals surface area contributed by atoms with E-state index in [1.54, 1.807) is 0 Å². The van der Waals surface area contributed by atoms with Crippen LogP contribution >= 0.6 is 0 Å². The van der Waals surface area contributed by atoms with Gasteiger partial charge < -0.3 is 10.6 Å². The molecule has 0 saturated carbocycles. The zero-order valence-electron chi connectivity index (χ0n) is 11.1. The predicted octanol–water partition coefficient (Wildman–Crippen LogP) is 2.26. The molecule has 0 spiro atoms. The Kier molecular flexibility index (Phi) is 5.81. The van der Waals surface area contributed by atoms with Crippen LogP contribution in [0.3, 0.4) is 0 Å². The van der Waals surface area contributed by atoms with Crippen molar-refractivity contribution < 1.29 is 0 Å². The third kappa shape index (κ3) is 3.21. The van der Waals surface area contributed by atoms with E-state index in [0.717, 1.165) is 13.0 Å². The fourth-order valence-electron chi connectivity index (χ4n) is 2.77. The molecule has 1 heterocycles. The van der Waals surface area contributed by atoms with Crippen LogP contribution in [0, 0.1) is 5.92 Å². The molecule has 2 N–H and O–H groups in total. The molecule has 2 unspecified atom stereocenters. The summed E-state index contributed by atoms with van der Waals surface area (Å²) in [6.45, 7) is 3.07. The maximum atomic E-state index is 5.88. The normalized spacial score (nSPS) is 28.8. The van der Waals surface area contributed by atoms with Gasteiger partial charge >= 0.3 is 0 Å². The van der Waals surface area contributed by atoms with E-state index >= 15 is 0 Å². The number of piperidine rings is 1. The molecular weight excluding hydrogens is 198 g/mol. The molecule has 3 nitrogen and oxygen atoms in total. The van der Waals surface area contributed by atoms with Crippen molar-refractivity contribution in [1.82, 2.24) is 4.90 Å². The fraction of sp³-hybridized carbons (Fsp3) is 0.923. The van der Waals surface area contributed by atoms with E-state index in [4.69, 9.17) is 5.73 Å². The SMILES string of the molecule is CCCCCC1C(CN)CCC(=NC)N1C. The molecule has 94 valence electrons. The van der Waals surface area contributed by atoms with E-state index in [1.807, 2.05) is 7.05 Å². The predicted molar refractivity (Wildman–Crippen MR) is 70.8 cm³/mol. The smallest absolute Gasteiger partial charge is 0.0985 e. The Bertz CT molecular complexity index is 225. The van der Waals surface area contributed by atoms with Gasteiger partial charge in [-0.3, -0.25) is 4.99 Å². The standard InChI is InChI=1S/C13H27N3/c1-4-5-6-7-12-11(10-14)8-9-13(15-2)16(12)3/h11-12H,4-10,14H2,1-3H3. The van der Waals surface area contributed by atoms with Crippen molar-refractivity contribution in [3.63, 3.8) is 0 Å². The molecule has 16 heavy (non-hydrogen) atoms. The quantitative estimate of drug-likeness (QED) is 0.729. The van der Waals surface area contributed by atoms with Crippen molar-refractivity contribution in [1.29, 1.82) is 0 Å². The maximum Gasteiger partial charge on any atom is 0.0985 e. The summed E-state index contributed by atoms with van der Waals surface area (Å²) in [4.78, 5) is 6.75. The fourth-order valence-corrected chi connectivity index (χ4v) is 2.77. The van der Waals surface area contributed by atoms with Gasteiger partial charge in [0.15, 0.2) is 0 Å². The summed E-state index contributed by atoms with van der Waals surface area (Å²) in [6, 6.07) is 0.615. The van der Waals surface area contributed by atoms with Crippen molar-refractivity contribution >= 4 is 5.84 Å². The van der Waals surface area contributed by atoms with Gasteiger partial charge in [0, 0.05) is 26.6 Å². The number of unbranched alkanes of at least 4 members (excludes halogenated alkanes) is 2. The highest BCUT2D eigenvalue weighted by molar-refractivity contribution is 5.83. The van der Waals surface area contributed by atoms with Crippen LogP contribution in [-0.2, 0) is 0 Å². The van der Waals surface area contributed by atoms with E-state index in [0.29, 0.717) is 12.0 Å². The molecule has 1 aliphatic rings. The van der Waals surface area contributed by atoms with E-state index in [-0.39, 0.29) is 0 Å². The second-order valence-corrected chi connectivity index (χ2v) is 4.85. The number of nitrogens with zero attached hydrogens (tertiary/aromatic N) is 2. The summed E-state index contributed by atoms with van der Waals surface area (Å²) < 4.78 is 0. The monoisotopic (exact) mass is 225 g/mol. The Balaban J connectivity index is 2.57. The molecule has 0 aromatic heterocycles. The second-order valence-electron chi connectivity index (χ2n) is 4.85. The van der Waals surface area contributed by atoms with Crippen molar-refractivity contribution in [2.45, 2.75) is 51.5 Å². The van der Waals surface area contributed by atoms with E-state index < -0.39 is 0 Å². The van der Waals surface area contributed by atoms with Crippen LogP contribution in [0.4, 0.5) is 0 Å². The molecular formula is C13H27N3. The Hall–Kier alpha value is -0.570.